The van der Waals surface area contributed by atoms with Crippen LogP contribution in [0.4, 0.5) is 13.2 Å². The SMILES string of the molecule is CC(=O)/C=C(/C)O.Cc1[c-]c(-c2nccc3cc(C(F)(F)F)c4ccccc4c23)cc(C)c1.[Ir]. The summed E-state index contributed by atoms with van der Waals surface area (Å²) in [6, 6.07) is 16.7. The van der Waals surface area contributed by atoms with Crippen molar-refractivity contribution >= 4 is 27.3 Å². The van der Waals surface area contributed by atoms with Crippen LogP contribution in [0, 0.1) is 19.9 Å². The molecular weight excluding hydrogens is 620 g/mol. The van der Waals surface area contributed by atoms with E-state index < -0.39 is 11.7 Å². The summed E-state index contributed by atoms with van der Waals surface area (Å²) >= 11 is 0. The Morgan fingerprint density at radius 1 is 1.03 bits per heavy atom. The molecular formula is C27H23F3IrNO2-. The Hall–Kier alpha value is -3.02. The molecule has 34 heavy (non-hydrogen) atoms. The van der Waals surface area contributed by atoms with Gasteiger partial charge in [0.1, 0.15) is 0 Å². The van der Waals surface area contributed by atoms with E-state index >= 15 is 0 Å². The van der Waals surface area contributed by atoms with Crippen molar-refractivity contribution in [2.75, 3.05) is 0 Å². The number of alkyl halides is 3. The second kappa shape index (κ2) is 10.9. The third-order valence-corrected chi connectivity index (χ3v) is 4.89. The summed E-state index contributed by atoms with van der Waals surface area (Å²) < 4.78 is 40.7. The van der Waals surface area contributed by atoms with Crippen LogP contribution in [-0.4, -0.2) is 15.9 Å². The molecule has 1 heterocycles. The average Bonchev–Trinajstić information content (AvgIpc) is 2.70. The molecule has 0 aliphatic carbocycles. The van der Waals surface area contributed by atoms with E-state index in [4.69, 9.17) is 5.11 Å². The zero-order chi connectivity index (χ0) is 24.3. The number of aromatic nitrogens is 1. The van der Waals surface area contributed by atoms with Crippen molar-refractivity contribution in [2.45, 2.75) is 33.9 Å². The van der Waals surface area contributed by atoms with Crippen LogP contribution in [0.15, 0.2) is 66.6 Å². The molecule has 4 rings (SSSR count). The number of benzene rings is 3. The van der Waals surface area contributed by atoms with E-state index in [0.717, 1.165) is 22.1 Å². The number of carbonyl (C=O) groups is 1. The molecule has 0 aliphatic heterocycles. The minimum absolute atomic E-state index is 0. The van der Waals surface area contributed by atoms with Crippen LogP contribution in [0.3, 0.4) is 0 Å². The molecule has 0 amide bonds. The summed E-state index contributed by atoms with van der Waals surface area (Å²) in [4.78, 5) is 14.5. The summed E-state index contributed by atoms with van der Waals surface area (Å²) in [7, 11) is 0. The second-order valence-corrected chi connectivity index (χ2v) is 7.88. The summed E-state index contributed by atoms with van der Waals surface area (Å²) in [5.74, 6) is -0.0625. The summed E-state index contributed by atoms with van der Waals surface area (Å²) in [5, 5.41) is 10.3. The molecule has 1 N–H and O–H groups in total. The molecule has 0 atom stereocenters. The van der Waals surface area contributed by atoms with Crippen molar-refractivity contribution in [1.82, 2.24) is 4.98 Å². The van der Waals surface area contributed by atoms with Gasteiger partial charge in [0.15, 0.2) is 5.78 Å². The van der Waals surface area contributed by atoms with Crippen molar-refractivity contribution in [2.24, 2.45) is 0 Å². The predicted octanol–water partition coefficient (Wildman–Crippen LogP) is 7.53. The molecule has 0 saturated carbocycles. The third kappa shape index (κ3) is 6.31. The van der Waals surface area contributed by atoms with Crippen LogP contribution in [0.2, 0.25) is 0 Å². The van der Waals surface area contributed by atoms with Crippen LogP contribution >= 0.6 is 0 Å². The van der Waals surface area contributed by atoms with Gasteiger partial charge in [-0.25, -0.2) is 0 Å². The average molecular weight is 643 g/mol. The Morgan fingerprint density at radius 2 is 1.68 bits per heavy atom. The monoisotopic (exact) mass is 643 g/mol. The van der Waals surface area contributed by atoms with Crippen molar-refractivity contribution < 1.29 is 43.2 Å². The minimum atomic E-state index is -4.41. The van der Waals surface area contributed by atoms with Gasteiger partial charge in [0.25, 0.3) is 0 Å². The van der Waals surface area contributed by atoms with E-state index in [-0.39, 0.29) is 37.0 Å². The first-order valence-corrected chi connectivity index (χ1v) is 10.2. The first-order chi connectivity index (χ1) is 15.5. The van der Waals surface area contributed by atoms with Gasteiger partial charge in [-0.05, 0) is 53.2 Å². The molecule has 0 fully saturated rings. The summed E-state index contributed by atoms with van der Waals surface area (Å²) in [6.07, 6.45) is -1.69. The molecule has 0 unspecified atom stereocenters. The van der Waals surface area contributed by atoms with E-state index in [1.807, 2.05) is 26.0 Å². The van der Waals surface area contributed by atoms with Gasteiger partial charge in [-0.3, -0.25) is 4.79 Å². The fraction of sp³-hybridized carbons (Fsp3) is 0.185. The largest absolute Gasteiger partial charge is 0.512 e. The zero-order valence-electron chi connectivity index (χ0n) is 19.0. The van der Waals surface area contributed by atoms with E-state index in [2.05, 4.69) is 11.1 Å². The fourth-order valence-corrected chi connectivity index (χ4v) is 3.81. The molecule has 3 nitrogen and oxygen atoms in total. The van der Waals surface area contributed by atoms with Gasteiger partial charge in [-0.1, -0.05) is 38.1 Å². The molecule has 0 aliphatic rings. The smallest absolute Gasteiger partial charge is 0.417 e. The van der Waals surface area contributed by atoms with Gasteiger partial charge in [-0.2, -0.15) is 13.2 Å². The molecule has 1 radical (unpaired) electrons. The molecule has 0 saturated heterocycles. The van der Waals surface area contributed by atoms with Crippen molar-refractivity contribution in [3.8, 4) is 11.3 Å². The number of fused-ring (bicyclic) bond motifs is 3. The predicted molar refractivity (Wildman–Crippen MR) is 125 cm³/mol. The summed E-state index contributed by atoms with van der Waals surface area (Å²) in [6.45, 7) is 6.78. The molecule has 179 valence electrons. The van der Waals surface area contributed by atoms with Crippen LogP contribution < -0.4 is 0 Å². The normalized spacial score (nSPS) is 11.6. The number of halogens is 3. The van der Waals surface area contributed by atoms with E-state index in [1.165, 1.54) is 32.1 Å². The van der Waals surface area contributed by atoms with Crippen LogP contribution in [0.1, 0.15) is 30.5 Å². The van der Waals surface area contributed by atoms with E-state index in [9.17, 15) is 18.0 Å². The Balaban J connectivity index is 0.000000449. The van der Waals surface area contributed by atoms with Gasteiger partial charge >= 0.3 is 6.18 Å². The number of pyridine rings is 1. The quantitative estimate of drug-likeness (QED) is 0.107. The maximum Gasteiger partial charge on any atom is 0.417 e. The standard InChI is InChI=1S/C22H15F3N.C5H8O2.Ir/c1-13-9-14(2)11-16(10-13)21-20-15(7-8-26-21)12-19(22(23,24)25)17-5-3-4-6-18(17)20;1-4(6)3-5(2)7;/h3-10,12H,1-2H3;3,6H,1-2H3;/q-1;;/b;4-3-;. The van der Waals surface area contributed by atoms with Crippen molar-refractivity contribution in [3.05, 3.63) is 89.3 Å². The van der Waals surface area contributed by atoms with Crippen LogP contribution in [0.25, 0.3) is 32.8 Å². The molecule has 0 bridgehead atoms. The number of rotatable bonds is 2. The molecule has 4 aromatic rings. The Morgan fingerprint density at radius 3 is 2.21 bits per heavy atom. The zero-order valence-corrected chi connectivity index (χ0v) is 21.4. The molecule has 3 aromatic carbocycles. The number of allylic oxidation sites excluding steroid dienone is 2. The van der Waals surface area contributed by atoms with Gasteiger partial charge in [0, 0.05) is 32.4 Å². The molecule has 1 aromatic heterocycles. The maximum absolute atomic E-state index is 13.6. The number of carbonyl (C=O) groups excluding carboxylic acids is 1. The fourth-order valence-electron chi connectivity index (χ4n) is 3.81. The number of aliphatic hydroxyl groups excluding tert-OH is 1. The minimum Gasteiger partial charge on any atom is -0.512 e. The van der Waals surface area contributed by atoms with Crippen molar-refractivity contribution in [3.63, 3.8) is 0 Å². The van der Waals surface area contributed by atoms with Gasteiger partial charge in [0.2, 0.25) is 0 Å². The maximum atomic E-state index is 13.6. The Bertz CT molecular complexity index is 1350. The topological polar surface area (TPSA) is 50.2 Å². The number of aliphatic hydroxyl groups is 1. The number of ketones is 1. The van der Waals surface area contributed by atoms with E-state index in [1.54, 1.807) is 30.5 Å². The van der Waals surface area contributed by atoms with Crippen LogP contribution in [0.5, 0.6) is 0 Å². The first kappa shape index (κ1) is 27.2. The first-order valence-electron chi connectivity index (χ1n) is 10.2. The van der Waals surface area contributed by atoms with E-state index in [0.29, 0.717) is 16.5 Å². The van der Waals surface area contributed by atoms with Crippen LogP contribution in [-0.2, 0) is 31.1 Å². The number of nitrogens with zero attached hydrogens (tertiary/aromatic N) is 1. The molecule has 7 heteroatoms. The summed E-state index contributed by atoms with van der Waals surface area (Å²) in [5.41, 5.74) is 2.85. The number of hydrogen-bond donors (Lipinski definition) is 1. The number of hydrogen-bond acceptors (Lipinski definition) is 3. The van der Waals surface area contributed by atoms with Gasteiger partial charge in [0.05, 0.1) is 11.3 Å². The van der Waals surface area contributed by atoms with Crippen molar-refractivity contribution in [1.29, 1.82) is 0 Å². The number of aryl methyl sites for hydroxylation is 2. The second-order valence-electron chi connectivity index (χ2n) is 7.88. The van der Waals surface area contributed by atoms with Gasteiger partial charge in [-0.15, -0.1) is 34.9 Å². The Labute approximate surface area is 209 Å². The third-order valence-electron chi connectivity index (χ3n) is 4.89. The van der Waals surface area contributed by atoms with Gasteiger partial charge < -0.3 is 10.1 Å². The Kier molecular flexibility index (Phi) is 8.76. The molecule has 0 spiro atoms.